The Bertz CT molecular complexity index is 229. The number of carbonyl (C=O) groups is 1. The Kier molecular flexibility index (Phi) is 3.26. The number of nitrogens with zero attached hydrogens (tertiary/aromatic N) is 1. The number of likely N-dealkylation sites (tertiary alicyclic amines) is 1. The Morgan fingerprint density at radius 1 is 1.13 bits per heavy atom. The Morgan fingerprint density at radius 3 is 2.60 bits per heavy atom. The molecule has 0 spiro atoms. The van der Waals surface area contributed by atoms with Crippen LogP contribution in [0.4, 0.5) is 0 Å². The Labute approximate surface area is 90.6 Å². The lowest BCUT2D eigenvalue weighted by molar-refractivity contribution is -0.151. The zero-order valence-electron chi connectivity index (χ0n) is 9.17. The van der Waals surface area contributed by atoms with E-state index in [-0.39, 0.29) is 5.91 Å². The highest BCUT2D eigenvalue weighted by molar-refractivity contribution is 5.85. The molecule has 2 aliphatic heterocycles. The summed E-state index contributed by atoms with van der Waals surface area (Å²) in [5.41, 5.74) is -1.09. The average molecular weight is 212 g/mol. The van der Waals surface area contributed by atoms with Crippen LogP contribution in [0, 0.1) is 0 Å². The molecule has 0 aromatic rings. The molecule has 1 unspecified atom stereocenters. The van der Waals surface area contributed by atoms with E-state index < -0.39 is 5.60 Å². The van der Waals surface area contributed by atoms with Crippen molar-refractivity contribution in [1.82, 2.24) is 10.2 Å². The number of amides is 1. The predicted octanol–water partition coefficient (Wildman–Crippen LogP) is 0.113. The maximum atomic E-state index is 12.1. The highest BCUT2D eigenvalue weighted by Crippen LogP contribution is 2.24. The first-order valence-corrected chi connectivity index (χ1v) is 5.95. The fourth-order valence-corrected chi connectivity index (χ4v) is 2.48. The van der Waals surface area contributed by atoms with E-state index in [9.17, 15) is 9.90 Å². The normalized spacial score (nSPS) is 32.7. The zero-order valence-corrected chi connectivity index (χ0v) is 9.17. The molecular weight excluding hydrogens is 192 g/mol. The third-order valence-corrected chi connectivity index (χ3v) is 3.45. The minimum atomic E-state index is -1.09. The van der Waals surface area contributed by atoms with Crippen LogP contribution in [0.15, 0.2) is 0 Å². The van der Waals surface area contributed by atoms with Crippen molar-refractivity contribution in [1.29, 1.82) is 0 Å². The van der Waals surface area contributed by atoms with Gasteiger partial charge < -0.3 is 15.3 Å². The summed E-state index contributed by atoms with van der Waals surface area (Å²) in [5, 5.41) is 13.6. The van der Waals surface area contributed by atoms with Crippen LogP contribution in [0.1, 0.15) is 32.1 Å². The zero-order chi connectivity index (χ0) is 10.7. The molecule has 0 aliphatic carbocycles. The summed E-state index contributed by atoms with van der Waals surface area (Å²) in [6.07, 6.45) is 4.22. The molecule has 2 saturated heterocycles. The third-order valence-electron chi connectivity index (χ3n) is 3.45. The van der Waals surface area contributed by atoms with Crippen molar-refractivity contribution < 1.29 is 9.90 Å². The smallest absolute Gasteiger partial charge is 0.254 e. The van der Waals surface area contributed by atoms with E-state index in [1.54, 1.807) is 0 Å². The van der Waals surface area contributed by atoms with Crippen molar-refractivity contribution in [3.63, 3.8) is 0 Å². The molecule has 2 heterocycles. The standard InChI is InChI=1S/C11H20N2O2/c14-10(13-8-1-2-9-13)11(15)4-3-6-12-7-5-11/h12,15H,1-9H2. The first-order valence-electron chi connectivity index (χ1n) is 5.95. The number of aliphatic hydroxyl groups is 1. The molecule has 15 heavy (non-hydrogen) atoms. The lowest BCUT2D eigenvalue weighted by atomic mass is 9.93. The van der Waals surface area contributed by atoms with E-state index in [2.05, 4.69) is 5.32 Å². The quantitative estimate of drug-likeness (QED) is 0.649. The minimum Gasteiger partial charge on any atom is -0.380 e. The summed E-state index contributed by atoms with van der Waals surface area (Å²) >= 11 is 0. The maximum absolute atomic E-state index is 12.1. The molecule has 4 nitrogen and oxygen atoms in total. The Balaban J connectivity index is 2.01. The molecule has 86 valence electrons. The van der Waals surface area contributed by atoms with Crippen molar-refractivity contribution in [2.75, 3.05) is 26.2 Å². The van der Waals surface area contributed by atoms with Crippen LogP contribution in [-0.2, 0) is 4.79 Å². The van der Waals surface area contributed by atoms with Crippen LogP contribution in [0.3, 0.4) is 0 Å². The van der Waals surface area contributed by atoms with Gasteiger partial charge in [0, 0.05) is 13.1 Å². The molecule has 0 radical (unpaired) electrons. The second-order valence-electron chi connectivity index (χ2n) is 4.63. The number of rotatable bonds is 1. The van der Waals surface area contributed by atoms with Crippen LogP contribution in [0.2, 0.25) is 0 Å². The Morgan fingerprint density at radius 2 is 1.87 bits per heavy atom. The average Bonchev–Trinajstić information content (AvgIpc) is 2.67. The number of carbonyl (C=O) groups excluding carboxylic acids is 1. The van der Waals surface area contributed by atoms with Crippen molar-refractivity contribution in [2.45, 2.75) is 37.7 Å². The van der Waals surface area contributed by atoms with Gasteiger partial charge in [0.15, 0.2) is 0 Å². The molecule has 2 fully saturated rings. The summed E-state index contributed by atoms with van der Waals surface area (Å²) in [6, 6.07) is 0. The fourth-order valence-electron chi connectivity index (χ4n) is 2.48. The van der Waals surface area contributed by atoms with Crippen LogP contribution in [-0.4, -0.2) is 47.7 Å². The van der Waals surface area contributed by atoms with Crippen molar-refractivity contribution in [3.05, 3.63) is 0 Å². The number of hydrogen-bond donors (Lipinski definition) is 2. The Hall–Kier alpha value is -0.610. The van der Waals surface area contributed by atoms with Gasteiger partial charge in [0.25, 0.3) is 5.91 Å². The number of hydrogen-bond acceptors (Lipinski definition) is 3. The molecule has 1 amide bonds. The van der Waals surface area contributed by atoms with Crippen LogP contribution < -0.4 is 5.32 Å². The van der Waals surface area contributed by atoms with Crippen molar-refractivity contribution >= 4 is 5.91 Å². The van der Waals surface area contributed by atoms with Gasteiger partial charge in [-0.2, -0.15) is 0 Å². The first kappa shape index (κ1) is 10.9. The lowest BCUT2D eigenvalue weighted by Crippen LogP contribution is -2.48. The minimum absolute atomic E-state index is 0.0382. The van der Waals surface area contributed by atoms with Crippen molar-refractivity contribution in [3.8, 4) is 0 Å². The van der Waals surface area contributed by atoms with Gasteiger partial charge in [-0.25, -0.2) is 0 Å². The summed E-state index contributed by atoms with van der Waals surface area (Å²) in [4.78, 5) is 13.9. The topological polar surface area (TPSA) is 52.6 Å². The molecule has 0 aromatic heterocycles. The van der Waals surface area contributed by atoms with E-state index in [1.165, 1.54) is 0 Å². The van der Waals surface area contributed by atoms with Crippen LogP contribution in [0.5, 0.6) is 0 Å². The molecule has 0 aromatic carbocycles. The van der Waals surface area contributed by atoms with Gasteiger partial charge in [0.05, 0.1) is 0 Å². The van der Waals surface area contributed by atoms with Crippen molar-refractivity contribution in [2.24, 2.45) is 0 Å². The molecule has 2 rings (SSSR count). The third kappa shape index (κ3) is 2.32. The summed E-state index contributed by atoms with van der Waals surface area (Å²) in [7, 11) is 0. The molecule has 0 bridgehead atoms. The largest absolute Gasteiger partial charge is 0.380 e. The maximum Gasteiger partial charge on any atom is 0.254 e. The molecule has 4 heteroatoms. The molecule has 2 aliphatic rings. The van der Waals surface area contributed by atoms with Gasteiger partial charge in [-0.1, -0.05) is 0 Å². The summed E-state index contributed by atoms with van der Waals surface area (Å²) < 4.78 is 0. The van der Waals surface area contributed by atoms with E-state index in [1.807, 2.05) is 4.90 Å². The first-order chi connectivity index (χ1) is 7.22. The van der Waals surface area contributed by atoms with Gasteiger partial charge in [-0.05, 0) is 45.2 Å². The highest BCUT2D eigenvalue weighted by atomic mass is 16.3. The van der Waals surface area contributed by atoms with Crippen LogP contribution >= 0.6 is 0 Å². The van der Waals surface area contributed by atoms with E-state index in [0.29, 0.717) is 12.8 Å². The summed E-state index contributed by atoms with van der Waals surface area (Å²) in [5.74, 6) is -0.0382. The van der Waals surface area contributed by atoms with E-state index in [4.69, 9.17) is 0 Å². The molecular formula is C11H20N2O2. The molecule has 2 N–H and O–H groups in total. The summed E-state index contributed by atoms with van der Waals surface area (Å²) in [6.45, 7) is 3.31. The number of nitrogens with one attached hydrogen (secondary N) is 1. The SMILES string of the molecule is O=C(N1CCCC1)C1(O)CCCNCC1. The van der Waals surface area contributed by atoms with Gasteiger partial charge >= 0.3 is 0 Å². The monoisotopic (exact) mass is 212 g/mol. The fraction of sp³-hybridized carbons (Fsp3) is 0.909. The predicted molar refractivity (Wildman–Crippen MR) is 57.5 cm³/mol. The van der Waals surface area contributed by atoms with Gasteiger partial charge in [-0.15, -0.1) is 0 Å². The van der Waals surface area contributed by atoms with Crippen LogP contribution in [0.25, 0.3) is 0 Å². The van der Waals surface area contributed by atoms with E-state index in [0.717, 1.165) is 45.4 Å². The van der Waals surface area contributed by atoms with Gasteiger partial charge in [-0.3, -0.25) is 4.79 Å². The van der Waals surface area contributed by atoms with E-state index >= 15 is 0 Å². The highest BCUT2D eigenvalue weighted by Gasteiger charge is 2.39. The lowest BCUT2D eigenvalue weighted by Gasteiger charge is -2.29. The molecule has 1 atom stereocenters. The van der Waals surface area contributed by atoms with Gasteiger partial charge in [0.1, 0.15) is 5.60 Å². The second-order valence-corrected chi connectivity index (χ2v) is 4.63. The van der Waals surface area contributed by atoms with Gasteiger partial charge in [0.2, 0.25) is 0 Å². The molecule has 0 saturated carbocycles. The second kappa shape index (κ2) is 4.49.